The van der Waals surface area contributed by atoms with Crippen molar-refractivity contribution in [2.75, 3.05) is 6.54 Å². The molecule has 16 heavy (non-hydrogen) atoms. The second-order valence-electron chi connectivity index (χ2n) is 3.69. The van der Waals surface area contributed by atoms with Gasteiger partial charge in [-0.05, 0) is 11.6 Å². The van der Waals surface area contributed by atoms with Crippen LogP contribution in [0, 0.1) is 11.7 Å². The standard InChI is InChI=1S/C11H10FNO3/c12-8-4-2-1-3-6(8)7-5-13-10(14)9(7)11(15)16/h1-4,7,9H,5H2,(H,13,14)(H,15,16). The third kappa shape index (κ3) is 1.64. The largest absolute Gasteiger partial charge is 0.481 e. The van der Waals surface area contributed by atoms with Gasteiger partial charge in [-0.1, -0.05) is 18.2 Å². The van der Waals surface area contributed by atoms with Gasteiger partial charge in [0, 0.05) is 12.5 Å². The van der Waals surface area contributed by atoms with Gasteiger partial charge in [0.05, 0.1) is 0 Å². The Hall–Kier alpha value is -1.91. The molecule has 2 atom stereocenters. The molecule has 1 aliphatic rings. The summed E-state index contributed by atoms with van der Waals surface area (Å²) in [6.07, 6.45) is 0. The third-order valence-corrected chi connectivity index (χ3v) is 2.75. The molecule has 0 saturated carbocycles. The summed E-state index contributed by atoms with van der Waals surface area (Å²) in [6.45, 7) is 0.163. The van der Waals surface area contributed by atoms with E-state index in [1.807, 2.05) is 0 Å². The minimum Gasteiger partial charge on any atom is -0.481 e. The summed E-state index contributed by atoms with van der Waals surface area (Å²) in [6, 6.07) is 5.92. The second-order valence-corrected chi connectivity index (χ2v) is 3.69. The van der Waals surface area contributed by atoms with E-state index in [0.717, 1.165) is 0 Å². The van der Waals surface area contributed by atoms with E-state index < -0.39 is 29.5 Å². The number of carboxylic acid groups (broad SMARTS) is 1. The van der Waals surface area contributed by atoms with Crippen LogP contribution in [0.2, 0.25) is 0 Å². The van der Waals surface area contributed by atoms with Crippen LogP contribution in [0.15, 0.2) is 24.3 Å². The summed E-state index contributed by atoms with van der Waals surface area (Å²) >= 11 is 0. The highest BCUT2D eigenvalue weighted by Gasteiger charge is 2.41. The summed E-state index contributed by atoms with van der Waals surface area (Å²) < 4.78 is 13.5. The highest BCUT2D eigenvalue weighted by atomic mass is 19.1. The molecule has 1 fully saturated rings. The Bertz CT molecular complexity index is 447. The molecule has 1 aromatic carbocycles. The Morgan fingerprint density at radius 1 is 1.44 bits per heavy atom. The van der Waals surface area contributed by atoms with Crippen LogP contribution in [0.4, 0.5) is 4.39 Å². The van der Waals surface area contributed by atoms with Gasteiger partial charge in [-0.25, -0.2) is 4.39 Å². The zero-order valence-electron chi connectivity index (χ0n) is 8.31. The minimum atomic E-state index is -1.22. The first kappa shape index (κ1) is 10.6. The SMILES string of the molecule is O=C(O)C1C(=O)NCC1c1ccccc1F. The fourth-order valence-corrected chi connectivity index (χ4v) is 1.97. The lowest BCUT2D eigenvalue weighted by atomic mass is 9.88. The van der Waals surface area contributed by atoms with Crippen LogP contribution < -0.4 is 5.32 Å². The van der Waals surface area contributed by atoms with Gasteiger partial charge in [0.25, 0.3) is 0 Å². The Morgan fingerprint density at radius 2 is 2.12 bits per heavy atom. The lowest BCUT2D eigenvalue weighted by molar-refractivity contribution is -0.145. The van der Waals surface area contributed by atoms with Gasteiger partial charge < -0.3 is 10.4 Å². The molecule has 0 aromatic heterocycles. The fraction of sp³-hybridized carbons (Fsp3) is 0.273. The van der Waals surface area contributed by atoms with Crippen molar-refractivity contribution in [3.63, 3.8) is 0 Å². The number of amides is 1. The molecule has 2 N–H and O–H groups in total. The van der Waals surface area contributed by atoms with Crippen LogP contribution >= 0.6 is 0 Å². The first-order valence-corrected chi connectivity index (χ1v) is 4.86. The highest BCUT2D eigenvalue weighted by Crippen LogP contribution is 2.30. The molecule has 2 unspecified atom stereocenters. The molecule has 2 rings (SSSR count). The lowest BCUT2D eigenvalue weighted by Gasteiger charge is -2.13. The third-order valence-electron chi connectivity index (χ3n) is 2.75. The van der Waals surface area contributed by atoms with Crippen LogP contribution in [0.1, 0.15) is 11.5 Å². The molecule has 1 amide bonds. The van der Waals surface area contributed by atoms with E-state index in [1.165, 1.54) is 18.2 Å². The molecule has 1 heterocycles. The summed E-state index contributed by atoms with van der Waals surface area (Å²) in [4.78, 5) is 22.2. The number of hydrogen-bond donors (Lipinski definition) is 2. The predicted octanol–water partition coefficient (Wildman–Crippen LogP) is 0.740. The molecule has 0 bridgehead atoms. The van der Waals surface area contributed by atoms with Crippen molar-refractivity contribution in [2.24, 2.45) is 5.92 Å². The molecule has 1 saturated heterocycles. The van der Waals surface area contributed by atoms with Crippen LogP contribution in [-0.2, 0) is 9.59 Å². The van der Waals surface area contributed by atoms with Crippen LogP contribution in [0.5, 0.6) is 0 Å². The van der Waals surface area contributed by atoms with Crippen molar-refractivity contribution in [2.45, 2.75) is 5.92 Å². The van der Waals surface area contributed by atoms with Gasteiger partial charge in [0.2, 0.25) is 5.91 Å². The molecule has 0 spiro atoms. The molecule has 1 aromatic rings. The van der Waals surface area contributed by atoms with E-state index in [0.29, 0.717) is 0 Å². The van der Waals surface area contributed by atoms with Crippen molar-refractivity contribution < 1.29 is 19.1 Å². The van der Waals surface area contributed by atoms with Crippen LogP contribution in [-0.4, -0.2) is 23.5 Å². The van der Waals surface area contributed by atoms with E-state index in [9.17, 15) is 14.0 Å². The Balaban J connectivity index is 2.38. The number of carboxylic acids is 1. The zero-order valence-corrected chi connectivity index (χ0v) is 8.31. The topological polar surface area (TPSA) is 66.4 Å². The minimum absolute atomic E-state index is 0.163. The highest BCUT2D eigenvalue weighted by molar-refractivity contribution is 5.99. The van der Waals surface area contributed by atoms with E-state index >= 15 is 0 Å². The van der Waals surface area contributed by atoms with Crippen molar-refractivity contribution in [1.82, 2.24) is 5.32 Å². The Morgan fingerprint density at radius 3 is 2.75 bits per heavy atom. The van der Waals surface area contributed by atoms with Gasteiger partial charge in [-0.15, -0.1) is 0 Å². The van der Waals surface area contributed by atoms with Gasteiger partial charge in [-0.2, -0.15) is 0 Å². The van der Waals surface area contributed by atoms with Crippen molar-refractivity contribution in [3.8, 4) is 0 Å². The van der Waals surface area contributed by atoms with E-state index in [-0.39, 0.29) is 12.1 Å². The number of benzene rings is 1. The normalized spacial score (nSPS) is 24.2. The average Bonchev–Trinajstić information content (AvgIpc) is 2.61. The molecule has 1 aliphatic heterocycles. The molecular weight excluding hydrogens is 213 g/mol. The molecular formula is C11H10FNO3. The number of halogens is 1. The summed E-state index contributed by atoms with van der Waals surface area (Å²) in [5.41, 5.74) is 0.272. The average molecular weight is 223 g/mol. The predicted molar refractivity (Wildman–Crippen MR) is 53.3 cm³/mol. The summed E-state index contributed by atoms with van der Waals surface area (Å²) in [7, 11) is 0. The van der Waals surface area contributed by atoms with E-state index in [2.05, 4.69) is 5.32 Å². The van der Waals surface area contributed by atoms with Crippen molar-refractivity contribution in [3.05, 3.63) is 35.6 Å². The fourth-order valence-electron chi connectivity index (χ4n) is 1.97. The maximum atomic E-state index is 13.5. The number of carbonyl (C=O) groups is 2. The molecule has 4 nitrogen and oxygen atoms in total. The molecule has 0 radical (unpaired) electrons. The van der Waals surface area contributed by atoms with Crippen LogP contribution in [0.3, 0.4) is 0 Å². The van der Waals surface area contributed by atoms with Gasteiger partial charge in [-0.3, -0.25) is 9.59 Å². The van der Waals surface area contributed by atoms with Crippen LogP contribution in [0.25, 0.3) is 0 Å². The first-order valence-electron chi connectivity index (χ1n) is 4.86. The first-order chi connectivity index (χ1) is 7.61. The second kappa shape index (κ2) is 3.92. The quantitative estimate of drug-likeness (QED) is 0.727. The summed E-state index contributed by atoms with van der Waals surface area (Å²) in [5.74, 6) is -4.08. The monoisotopic (exact) mass is 223 g/mol. The smallest absolute Gasteiger partial charge is 0.316 e. The molecule has 0 aliphatic carbocycles. The van der Waals surface area contributed by atoms with Gasteiger partial charge in [0.15, 0.2) is 0 Å². The number of aliphatic carboxylic acids is 1. The maximum absolute atomic E-state index is 13.5. The Labute approximate surface area is 91.1 Å². The van der Waals surface area contributed by atoms with Gasteiger partial charge in [0.1, 0.15) is 11.7 Å². The van der Waals surface area contributed by atoms with E-state index in [1.54, 1.807) is 6.07 Å². The van der Waals surface area contributed by atoms with Gasteiger partial charge >= 0.3 is 5.97 Å². The lowest BCUT2D eigenvalue weighted by Crippen LogP contribution is -2.27. The van der Waals surface area contributed by atoms with E-state index in [4.69, 9.17) is 5.11 Å². The number of rotatable bonds is 2. The Kier molecular flexibility index (Phi) is 2.60. The number of hydrogen-bond acceptors (Lipinski definition) is 2. The van der Waals surface area contributed by atoms with Crippen molar-refractivity contribution in [1.29, 1.82) is 0 Å². The maximum Gasteiger partial charge on any atom is 0.316 e. The zero-order chi connectivity index (χ0) is 11.7. The summed E-state index contributed by atoms with van der Waals surface area (Å²) in [5, 5.41) is 11.4. The van der Waals surface area contributed by atoms with Crippen molar-refractivity contribution >= 4 is 11.9 Å². The molecule has 84 valence electrons. The number of nitrogens with one attached hydrogen (secondary N) is 1. The molecule has 5 heteroatoms. The number of carbonyl (C=O) groups excluding carboxylic acids is 1.